The Morgan fingerprint density at radius 1 is 1.00 bits per heavy atom. The number of carbonyl (C=O) groups excluding carboxylic acids is 1. The molecule has 0 fully saturated rings. The van der Waals surface area contributed by atoms with Crippen molar-refractivity contribution in [2.75, 3.05) is 17.2 Å². The van der Waals surface area contributed by atoms with E-state index in [1.165, 1.54) is 12.1 Å². The smallest absolute Gasteiger partial charge is 0.255 e. The molecule has 2 aromatic rings. The summed E-state index contributed by atoms with van der Waals surface area (Å²) in [5, 5.41) is 6.88. The molecule has 0 saturated carbocycles. The fourth-order valence-corrected chi connectivity index (χ4v) is 2.35. The molecule has 21 heavy (non-hydrogen) atoms. The van der Waals surface area contributed by atoms with E-state index in [1.54, 1.807) is 12.1 Å². The molecule has 0 aliphatic heterocycles. The number of benzene rings is 2. The summed E-state index contributed by atoms with van der Waals surface area (Å²) in [4.78, 5) is 12.2. The van der Waals surface area contributed by atoms with Crippen LogP contribution in [0.3, 0.4) is 0 Å². The normalized spacial score (nSPS) is 10.3. The van der Waals surface area contributed by atoms with Crippen molar-refractivity contribution in [3.05, 3.63) is 57.0 Å². The second kappa shape index (κ2) is 7.03. The lowest BCUT2D eigenvalue weighted by Gasteiger charge is -2.09. The Kier molecular flexibility index (Phi) is 5.34. The molecule has 0 saturated heterocycles. The number of hydrogen-bond acceptors (Lipinski definition) is 2. The van der Waals surface area contributed by atoms with E-state index in [2.05, 4.69) is 10.6 Å². The first-order valence-corrected chi connectivity index (χ1v) is 7.44. The Morgan fingerprint density at radius 2 is 1.62 bits per heavy atom. The van der Waals surface area contributed by atoms with Gasteiger partial charge in [0.1, 0.15) is 0 Å². The van der Waals surface area contributed by atoms with Gasteiger partial charge in [0.25, 0.3) is 5.91 Å². The molecule has 0 aliphatic rings. The van der Waals surface area contributed by atoms with Gasteiger partial charge in [-0.1, -0.05) is 34.8 Å². The van der Waals surface area contributed by atoms with Crippen LogP contribution in [0.15, 0.2) is 36.4 Å². The van der Waals surface area contributed by atoms with Gasteiger partial charge >= 0.3 is 0 Å². The zero-order valence-corrected chi connectivity index (χ0v) is 13.5. The number of carbonyl (C=O) groups is 1. The SMILES string of the molecule is CCNc1ccc(C(=O)Nc2cc(Cl)c(Cl)cc2Cl)cc1. The molecule has 6 heteroatoms. The van der Waals surface area contributed by atoms with Crippen LogP contribution in [0.2, 0.25) is 15.1 Å². The Morgan fingerprint density at radius 3 is 2.24 bits per heavy atom. The van der Waals surface area contributed by atoms with Crippen molar-refractivity contribution < 1.29 is 4.79 Å². The lowest BCUT2D eigenvalue weighted by molar-refractivity contribution is 0.102. The number of halogens is 3. The molecule has 0 heterocycles. The van der Waals surface area contributed by atoms with Crippen LogP contribution in [0.4, 0.5) is 11.4 Å². The minimum absolute atomic E-state index is 0.265. The Bertz CT molecular complexity index is 657. The fourth-order valence-electron chi connectivity index (χ4n) is 1.76. The van der Waals surface area contributed by atoms with Crippen molar-refractivity contribution in [1.29, 1.82) is 0 Å². The summed E-state index contributed by atoms with van der Waals surface area (Å²) in [5.41, 5.74) is 1.91. The molecule has 0 aromatic heterocycles. The van der Waals surface area contributed by atoms with Crippen LogP contribution in [0.5, 0.6) is 0 Å². The van der Waals surface area contributed by atoms with Gasteiger partial charge in [0.2, 0.25) is 0 Å². The molecular formula is C15H13Cl3N2O. The van der Waals surface area contributed by atoms with E-state index in [9.17, 15) is 4.79 Å². The number of rotatable bonds is 4. The molecule has 2 N–H and O–H groups in total. The summed E-state index contributed by atoms with van der Waals surface area (Å²) in [6, 6.07) is 10.2. The van der Waals surface area contributed by atoms with E-state index in [1.807, 2.05) is 19.1 Å². The van der Waals surface area contributed by atoms with Crippen LogP contribution in [-0.4, -0.2) is 12.5 Å². The van der Waals surface area contributed by atoms with Gasteiger partial charge in [0.15, 0.2) is 0 Å². The molecule has 0 aliphatic carbocycles. The summed E-state index contributed by atoms with van der Waals surface area (Å²) < 4.78 is 0. The molecule has 0 radical (unpaired) electrons. The molecule has 3 nitrogen and oxygen atoms in total. The highest BCUT2D eigenvalue weighted by atomic mass is 35.5. The molecule has 0 atom stereocenters. The van der Waals surface area contributed by atoms with Gasteiger partial charge in [-0.25, -0.2) is 0 Å². The molecule has 0 spiro atoms. The molecule has 2 aromatic carbocycles. The number of hydrogen-bond donors (Lipinski definition) is 2. The summed E-state index contributed by atoms with van der Waals surface area (Å²) in [5.74, 6) is -0.265. The summed E-state index contributed by atoms with van der Waals surface area (Å²) >= 11 is 17.8. The van der Waals surface area contributed by atoms with Crippen molar-refractivity contribution in [3.63, 3.8) is 0 Å². The van der Waals surface area contributed by atoms with Crippen LogP contribution >= 0.6 is 34.8 Å². The third kappa shape index (κ3) is 4.03. The lowest BCUT2D eigenvalue weighted by Crippen LogP contribution is -2.12. The second-order valence-electron chi connectivity index (χ2n) is 4.31. The van der Waals surface area contributed by atoms with Gasteiger partial charge in [-0.15, -0.1) is 0 Å². The van der Waals surface area contributed by atoms with Crippen LogP contribution < -0.4 is 10.6 Å². The highest BCUT2D eigenvalue weighted by Crippen LogP contribution is 2.32. The average molecular weight is 344 g/mol. The molecule has 1 amide bonds. The van der Waals surface area contributed by atoms with Gasteiger partial charge in [-0.3, -0.25) is 4.79 Å². The number of nitrogens with one attached hydrogen (secondary N) is 2. The standard InChI is InChI=1S/C15H13Cl3N2O/c1-2-19-10-5-3-9(4-6-10)15(21)20-14-8-12(17)11(16)7-13(14)18/h3-8,19H,2H2,1H3,(H,20,21). The Labute approximate surface area is 138 Å². The fraction of sp³-hybridized carbons (Fsp3) is 0.133. The van der Waals surface area contributed by atoms with E-state index < -0.39 is 0 Å². The zero-order valence-electron chi connectivity index (χ0n) is 11.2. The summed E-state index contributed by atoms with van der Waals surface area (Å²) in [6.45, 7) is 2.83. The minimum atomic E-state index is -0.265. The number of anilines is 2. The van der Waals surface area contributed by atoms with Crippen molar-refractivity contribution >= 4 is 52.1 Å². The molecule has 0 bridgehead atoms. The lowest BCUT2D eigenvalue weighted by atomic mass is 10.2. The summed E-state index contributed by atoms with van der Waals surface area (Å²) in [6.07, 6.45) is 0. The van der Waals surface area contributed by atoms with Crippen molar-refractivity contribution in [3.8, 4) is 0 Å². The highest BCUT2D eigenvalue weighted by Gasteiger charge is 2.11. The van der Waals surface area contributed by atoms with Gasteiger partial charge in [-0.2, -0.15) is 0 Å². The largest absolute Gasteiger partial charge is 0.385 e. The minimum Gasteiger partial charge on any atom is -0.385 e. The molecule has 0 unspecified atom stereocenters. The van der Waals surface area contributed by atoms with Crippen molar-refractivity contribution in [2.45, 2.75) is 6.92 Å². The third-order valence-electron chi connectivity index (χ3n) is 2.79. The van der Waals surface area contributed by atoms with Crippen LogP contribution in [0.25, 0.3) is 0 Å². The second-order valence-corrected chi connectivity index (χ2v) is 5.53. The summed E-state index contributed by atoms with van der Waals surface area (Å²) in [7, 11) is 0. The first-order chi connectivity index (χ1) is 10.0. The van der Waals surface area contributed by atoms with Crippen LogP contribution in [-0.2, 0) is 0 Å². The third-order valence-corrected chi connectivity index (χ3v) is 3.82. The van der Waals surface area contributed by atoms with E-state index in [-0.39, 0.29) is 5.91 Å². The van der Waals surface area contributed by atoms with E-state index in [0.29, 0.717) is 26.3 Å². The predicted octanol–water partition coefficient (Wildman–Crippen LogP) is 5.33. The van der Waals surface area contributed by atoms with Crippen LogP contribution in [0.1, 0.15) is 17.3 Å². The monoisotopic (exact) mass is 342 g/mol. The number of amides is 1. The Hall–Kier alpha value is -1.42. The highest BCUT2D eigenvalue weighted by molar-refractivity contribution is 6.44. The van der Waals surface area contributed by atoms with Gasteiger partial charge in [0.05, 0.1) is 20.8 Å². The maximum absolute atomic E-state index is 12.2. The van der Waals surface area contributed by atoms with Gasteiger partial charge in [-0.05, 0) is 43.3 Å². The molecule has 110 valence electrons. The van der Waals surface area contributed by atoms with Crippen molar-refractivity contribution in [1.82, 2.24) is 0 Å². The van der Waals surface area contributed by atoms with Crippen LogP contribution in [0, 0.1) is 0 Å². The maximum Gasteiger partial charge on any atom is 0.255 e. The first kappa shape index (κ1) is 16.0. The van der Waals surface area contributed by atoms with E-state index in [0.717, 1.165) is 12.2 Å². The topological polar surface area (TPSA) is 41.1 Å². The van der Waals surface area contributed by atoms with Crippen molar-refractivity contribution in [2.24, 2.45) is 0 Å². The first-order valence-electron chi connectivity index (χ1n) is 6.31. The maximum atomic E-state index is 12.2. The van der Waals surface area contributed by atoms with E-state index in [4.69, 9.17) is 34.8 Å². The van der Waals surface area contributed by atoms with Gasteiger partial charge < -0.3 is 10.6 Å². The quantitative estimate of drug-likeness (QED) is 0.737. The Balaban J connectivity index is 2.16. The molecule has 2 rings (SSSR count). The molecular weight excluding hydrogens is 331 g/mol. The van der Waals surface area contributed by atoms with E-state index >= 15 is 0 Å². The zero-order chi connectivity index (χ0) is 15.4. The van der Waals surface area contributed by atoms with Gasteiger partial charge in [0, 0.05) is 17.8 Å². The predicted molar refractivity (Wildman–Crippen MR) is 90.0 cm³/mol. The average Bonchev–Trinajstić information content (AvgIpc) is 2.46.